The van der Waals surface area contributed by atoms with Crippen molar-refractivity contribution in [2.45, 2.75) is 25.3 Å². The van der Waals surface area contributed by atoms with E-state index in [4.69, 9.17) is 5.11 Å². The topological polar surface area (TPSA) is 63.8 Å². The molecule has 1 aliphatic rings. The van der Waals surface area contributed by atoms with Crippen LogP contribution in [-0.4, -0.2) is 31.9 Å². The van der Waals surface area contributed by atoms with E-state index in [0.29, 0.717) is 5.92 Å². The second kappa shape index (κ2) is 2.27. The van der Waals surface area contributed by atoms with Crippen LogP contribution in [0, 0.1) is 0 Å². The summed E-state index contributed by atoms with van der Waals surface area (Å²) in [6.07, 6.45) is 0.925. The summed E-state index contributed by atoms with van der Waals surface area (Å²) in [5, 5.41) is 20.1. The molecule has 0 aliphatic carbocycles. The molecule has 0 amide bonds. The van der Waals surface area contributed by atoms with Crippen molar-refractivity contribution >= 4 is 0 Å². The van der Waals surface area contributed by atoms with E-state index in [9.17, 15) is 0 Å². The SMILES string of the molecule is C[C@@H]1C[C@@H](CO)n2nnnc21. The van der Waals surface area contributed by atoms with Crippen LogP contribution in [0.3, 0.4) is 0 Å². The van der Waals surface area contributed by atoms with E-state index in [0.717, 1.165) is 12.2 Å². The fourth-order valence-corrected chi connectivity index (χ4v) is 1.55. The van der Waals surface area contributed by atoms with Crippen LogP contribution in [0.25, 0.3) is 0 Å². The summed E-state index contributed by atoms with van der Waals surface area (Å²) in [5.74, 6) is 1.27. The van der Waals surface area contributed by atoms with Crippen LogP contribution < -0.4 is 0 Å². The third-order valence-electron chi connectivity index (χ3n) is 2.14. The monoisotopic (exact) mass is 154 g/mol. The maximum atomic E-state index is 8.93. The number of rotatable bonds is 1. The molecule has 11 heavy (non-hydrogen) atoms. The minimum Gasteiger partial charge on any atom is -0.394 e. The number of aliphatic hydroxyl groups excluding tert-OH is 1. The Balaban J connectivity index is 2.37. The molecule has 0 unspecified atom stereocenters. The predicted molar refractivity (Wildman–Crippen MR) is 37.0 cm³/mol. The Labute approximate surface area is 64.0 Å². The molecule has 1 N–H and O–H groups in total. The van der Waals surface area contributed by atoms with Crippen molar-refractivity contribution in [1.29, 1.82) is 0 Å². The third-order valence-corrected chi connectivity index (χ3v) is 2.14. The number of tetrazole rings is 1. The molecular weight excluding hydrogens is 144 g/mol. The molecule has 2 atom stereocenters. The highest BCUT2D eigenvalue weighted by molar-refractivity contribution is 5.00. The van der Waals surface area contributed by atoms with Crippen LogP contribution in [0.4, 0.5) is 0 Å². The molecule has 0 spiro atoms. The van der Waals surface area contributed by atoms with Crippen LogP contribution in [0.2, 0.25) is 0 Å². The maximum absolute atomic E-state index is 8.93. The molecule has 1 aliphatic heterocycles. The van der Waals surface area contributed by atoms with Gasteiger partial charge in [0.05, 0.1) is 12.6 Å². The molecule has 5 nitrogen and oxygen atoms in total. The van der Waals surface area contributed by atoms with Gasteiger partial charge in [0.1, 0.15) is 0 Å². The Bertz CT molecular complexity index is 259. The maximum Gasteiger partial charge on any atom is 0.154 e. The van der Waals surface area contributed by atoms with Gasteiger partial charge in [-0.1, -0.05) is 6.92 Å². The molecule has 0 bridgehead atoms. The van der Waals surface area contributed by atoms with Gasteiger partial charge in [0, 0.05) is 5.92 Å². The minimum atomic E-state index is 0.0926. The fraction of sp³-hybridized carbons (Fsp3) is 0.833. The van der Waals surface area contributed by atoms with Crippen LogP contribution in [0.5, 0.6) is 0 Å². The van der Waals surface area contributed by atoms with Gasteiger partial charge in [-0.15, -0.1) is 5.10 Å². The van der Waals surface area contributed by atoms with Gasteiger partial charge in [0.2, 0.25) is 0 Å². The Hall–Kier alpha value is -0.970. The first-order chi connectivity index (χ1) is 5.33. The van der Waals surface area contributed by atoms with Crippen molar-refractivity contribution in [2.75, 3.05) is 6.61 Å². The van der Waals surface area contributed by atoms with Gasteiger partial charge in [0.25, 0.3) is 0 Å². The Morgan fingerprint density at radius 1 is 1.73 bits per heavy atom. The summed E-state index contributed by atoms with van der Waals surface area (Å²) < 4.78 is 1.71. The summed E-state index contributed by atoms with van der Waals surface area (Å²) in [6, 6.07) is 0.0926. The lowest BCUT2D eigenvalue weighted by Crippen LogP contribution is -2.09. The quantitative estimate of drug-likeness (QED) is 0.604. The van der Waals surface area contributed by atoms with Crippen molar-refractivity contribution in [1.82, 2.24) is 20.2 Å². The van der Waals surface area contributed by atoms with E-state index < -0.39 is 0 Å². The molecule has 5 heteroatoms. The molecular formula is C6H10N4O. The first-order valence-electron chi connectivity index (χ1n) is 3.71. The normalized spacial score (nSPS) is 28.9. The van der Waals surface area contributed by atoms with Crippen molar-refractivity contribution in [3.63, 3.8) is 0 Å². The minimum absolute atomic E-state index is 0.0926. The summed E-state index contributed by atoms with van der Waals surface area (Å²) in [4.78, 5) is 0. The van der Waals surface area contributed by atoms with E-state index in [-0.39, 0.29) is 12.6 Å². The van der Waals surface area contributed by atoms with E-state index in [1.807, 2.05) is 0 Å². The number of hydrogen-bond acceptors (Lipinski definition) is 4. The molecule has 0 fully saturated rings. The first kappa shape index (κ1) is 6.72. The van der Waals surface area contributed by atoms with Gasteiger partial charge in [-0.25, -0.2) is 4.68 Å². The predicted octanol–water partition coefficient (Wildman–Crippen LogP) is -0.286. The van der Waals surface area contributed by atoms with Crippen LogP contribution in [0.15, 0.2) is 0 Å². The summed E-state index contributed by atoms with van der Waals surface area (Å²) in [7, 11) is 0. The Morgan fingerprint density at radius 3 is 3.27 bits per heavy atom. The third kappa shape index (κ3) is 0.841. The van der Waals surface area contributed by atoms with Gasteiger partial charge in [0.15, 0.2) is 5.82 Å². The van der Waals surface area contributed by atoms with E-state index >= 15 is 0 Å². The highest BCUT2D eigenvalue weighted by Gasteiger charge is 2.30. The number of aliphatic hydroxyl groups is 1. The van der Waals surface area contributed by atoms with Gasteiger partial charge in [-0.05, 0) is 16.8 Å². The van der Waals surface area contributed by atoms with E-state index in [2.05, 4.69) is 22.4 Å². The van der Waals surface area contributed by atoms with Crippen molar-refractivity contribution in [2.24, 2.45) is 0 Å². The van der Waals surface area contributed by atoms with Crippen molar-refractivity contribution in [3.8, 4) is 0 Å². The van der Waals surface area contributed by atoms with Crippen LogP contribution >= 0.6 is 0 Å². The molecule has 0 aromatic carbocycles. The standard InChI is InChI=1S/C6H10N4O/c1-4-2-5(3-11)10-6(4)7-8-9-10/h4-5,11H,2-3H2,1H3/t4-,5+/m1/s1. The molecule has 0 radical (unpaired) electrons. The molecule has 1 aromatic heterocycles. The average molecular weight is 154 g/mol. The average Bonchev–Trinajstić information content (AvgIpc) is 2.54. The largest absolute Gasteiger partial charge is 0.394 e. The first-order valence-corrected chi connectivity index (χ1v) is 3.71. The summed E-state index contributed by atoms with van der Waals surface area (Å²) in [6.45, 7) is 2.19. The smallest absolute Gasteiger partial charge is 0.154 e. The lowest BCUT2D eigenvalue weighted by molar-refractivity contribution is 0.220. The van der Waals surface area contributed by atoms with Crippen molar-refractivity contribution in [3.05, 3.63) is 5.82 Å². The lowest BCUT2D eigenvalue weighted by atomic mass is 10.1. The zero-order valence-corrected chi connectivity index (χ0v) is 6.30. The van der Waals surface area contributed by atoms with Gasteiger partial charge < -0.3 is 5.11 Å². The molecule has 60 valence electrons. The highest BCUT2D eigenvalue weighted by Crippen LogP contribution is 2.31. The lowest BCUT2D eigenvalue weighted by Gasteiger charge is -2.04. The number of fused-ring (bicyclic) bond motifs is 1. The number of hydrogen-bond donors (Lipinski definition) is 1. The number of nitrogens with zero attached hydrogens (tertiary/aromatic N) is 4. The zero-order valence-electron chi connectivity index (χ0n) is 6.30. The Kier molecular flexibility index (Phi) is 1.38. The van der Waals surface area contributed by atoms with E-state index in [1.54, 1.807) is 4.68 Å². The van der Waals surface area contributed by atoms with Crippen LogP contribution in [0.1, 0.15) is 31.1 Å². The zero-order chi connectivity index (χ0) is 7.84. The van der Waals surface area contributed by atoms with Crippen LogP contribution in [-0.2, 0) is 0 Å². The van der Waals surface area contributed by atoms with Gasteiger partial charge >= 0.3 is 0 Å². The fourth-order valence-electron chi connectivity index (χ4n) is 1.55. The molecule has 2 heterocycles. The molecule has 1 aromatic rings. The number of aromatic nitrogens is 4. The molecule has 0 saturated carbocycles. The highest BCUT2D eigenvalue weighted by atomic mass is 16.3. The molecule has 0 saturated heterocycles. The second-order valence-corrected chi connectivity index (χ2v) is 2.95. The summed E-state index contributed by atoms with van der Waals surface area (Å²) >= 11 is 0. The Morgan fingerprint density at radius 2 is 2.55 bits per heavy atom. The summed E-state index contributed by atoms with van der Waals surface area (Å²) in [5.41, 5.74) is 0. The van der Waals surface area contributed by atoms with Gasteiger partial charge in [-0.2, -0.15) is 0 Å². The molecule has 2 rings (SSSR count). The van der Waals surface area contributed by atoms with Gasteiger partial charge in [-0.3, -0.25) is 0 Å². The van der Waals surface area contributed by atoms with Crippen molar-refractivity contribution < 1.29 is 5.11 Å². The van der Waals surface area contributed by atoms with E-state index in [1.165, 1.54) is 0 Å². The second-order valence-electron chi connectivity index (χ2n) is 2.95.